The Hall–Kier alpha value is -5.43. The Bertz CT molecular complexity index is 2250. The number of benzene rings is 4. The predicted octanol–water partition coefficient (Wildman–Crippen LogP) is 7.14. The molecule has 2 aromatic heterocycles. The summed E-state index contributed by atoms with van der Waals surface area (Å²) in [5, 5.41) is 2.64. The Morgan fingerprint density at radius 2 is 1.47 bits per heavy atom. The average molecular weight is 709 g/mol. The molecule has 0 aliphatic carbocycles. The Balaban J connectivity index is 1.27. The molecule has 4 aromatic carbocycles. The Morgan fingerprint density at radius 1 is 0.878 bits per heavy atom. The number of rotatable bonds is 8. The van der Waals surface area contributed by atoms with Gasteiger partial charge in [-0.3, -0.25) is 4.79 Å². The number of anilines is 1. The molecule has 6 aromatic rings. The molecule has 0 atom stereocenters. The molecule has 1 aliphatic heterocycles. The molecule has 0 saturated carbocycles. The number of nitrogens with zero attached hydrogens (tertiary/aromatic N) is 5. The van der Waals surface area contributed by atoms with Gasteiger partial charge in [0, 0.05) is 25.1 Å². The molecule has 0 saturated heterocycles. The van der Waals surface area contributed by atoms with Gasteiger partial charge in [-0.05, 0) is 41.0 Å². The van der Waals surface area contributed by atoms with Gasteiger partial charge in [-0.15, -0.1) is 15.7 Å². The molecule has 1 N–H and O–H groups in total. The normalized spacial score (nSPS) is 14.2. The summed E-state index contributed by atoms with van der Waals surface area (Å²) in [7, 11) is -3.05. The molecule has 0 radical (unpaired) electrons. The number of aromatic nitrogens is 3. The van der Waals surface area contributed by atoms with Crippen LogP contribution < -0.4 is 5.32 Å². The minimum absolute atomic E-state index is 0.0109. The fraction of sp³-hybridized carbons (Fsp3) is 0.0556. The van der Waals surface area contributed by atoms with Crippen LogP contribution in [-0.4, -0.2) is 45.9 Å². The smallest absolute Gasteiger partial charge is 0.321 e. The van der Waals surface area contributed by atoms with Crippen LogP contribution in [0.4, 0.5) is 10.1 Å². The highest BCUT2D eigenvalue weighted by atomic mass is 35.5. The van der Waals surface area contributed by atoms with Crippen molar-refractivity contribution in [3.05, 3.63) is 172 Å². The summed E-state index contributed by atoms with van der Waals surface area (Å²) in [6.07, 6.45) is 6.67. The molecule has 0 fully saturated rings. The number of nitrogens with one attached hydrogen (secondary N) is 1. The third kappa shape index (κ3) is 5.94. The van der Waals surface area contributed by atoms with E-state index in [9.17, 15) is 17.6 Å². The van der Waals surface area contributed by atoms with Gasteiger partial charge in [-0.1, -0.05) is 103 Å². The molecular formula is C36H26ClFN6O3S2. The number of halogens is 2. The van der Waals surface area contributed by atoms with Crippen molar-refractivity contribution in [1.82, 2.24) is 18.8 Å². The van der Waals surface area contributed by atoms with E-state index < -0.39 is 27.5 Å². The molecule has 13 heteroatoms. The molecule has 1 amide bonds. The summed E-state index contributed by atoms with van der Waals surface area (Å²) >= 11 is 7.04. The predicted molar refractivity (Wildman–Crippen MR) is 189 cm³/mol. The lowest BCUT2D eigenvalue weighted by molar-refractivity contribution is -0.113. The van der Waals surface area contributed by atoms with E-state index in [0.717, 1.165) is 27.1 Å². The third-order valence-electron chi connectivity index (χ3n) is 8.10. The highest BCUT2D eigenvalue weighted by Crippen LogP contribution is 2.42. The van der Waals surface area contributed by atoms with Crippen LogP contribution in [0.15, 0.2) is 144 Å². The quantitative estimate of drug-likeness (QED) is 0.169. The van der Waals surface area contributed by atoms with Gasteiger partial charge in [-0.25, -0.2) is 18.7 Å². The highest BCUT2D eigenvalue weighted by Gasteiger charge is 2.38. The number of imidazole rings is 1. The molecule has 3 heterocycles. The maximum Gasteiger partial charge on any atom is 0.345 e. The Morgan fingerprint density at radius 3 is 2.04 bits per heavy atom. The second kappa shape index (κ2) is 12.9. The summed E-state index contributed by atoms with van der Waals surface area (Å²) in [6, 6.07) is 34.2. The number of amides is 1. The van der Waals surface area contributed by atoms with Crippen LogP contribution in [0.3, 0.4) is 0 Å². The maximum atomic E-state index is 13.6. The van der Waals surface area contributed by atoms with Crippen molar-refractivity contribution < 1.29 is 17.6 Å². The molecule has 0 bridgehead atoms. The molecule has 0 spiro atoms. The second-order valence-electron chi connectivity index (χ2n) is 11.0. The van der Waals surface area contributed by atoms with Crippen LogP contribution in [0.2, 0.25) is 5.02 Å². The van der Waals surface area contributed by atoms with Crippen molar-refractivity contribution in [3.8, 4) is 10.6 Å². The largest absolute Gasteiger partial charge is 0.345 e. The molecular weight excluding hydrogens is 683 g/mol. The van der Waals surface area contributed by atoms with Gasteiger partial charge in [0.2, 0.25) is 0 Å². The number of hydrogen-bond donors (Lipinski definition) is 1. The summed E-state index contributed by atoms with van der Waals surface area (Å²) < 4.78 is 46.5. The van der Waals surface area contributed by atoms with Gasteiger partial charge >= 0.3 is 10.2 Å². The van der Waals surface area contributed by atoms with Crippen molar-refractivity contribution in [2.45, 2.75) is 5.54 Å². The average Bonchev–Trinajstić information content (AvgIpc) is 3.81. The van der Waals surface area contributed by atoms with E-state index in [0.29, 0.717) is 10.6 Å². The maximum absolute atomic E-state index is 13.6. The molecule has 0 unspecified atom stereocenters. The van der Waals surface area contributed by atoms with Crippen molar-refractivity contribution >= 4 is 50.5 Å². The van der Waals surface area contributed by atoms with Crippen LogP contribution in [0.5, 0.6) is 0 Å². The van der Waals surface area contributed by atoms with Crippen molar-refractivity contribution in [2.24, 2.45) is 4.40 Å². The molecule has 7 rings (SSSR count). The lowest BCUT2D eigenvalue weighted by atomic mass is 9.77. The molecule has 1 aliphatic rings. The number of likely N-dealkylation sites (N-methyl/N-ethyl adjacent to an activating group) is 1. The van der Waals surface area contributed by atoms with E-state index in [4.69, 9.17) is 16.6 Å². The van der Waals surface area contributed by atoms with E-state index in [1.165, 1.54) is 36.6 Å². The van der Waals surface area contributed by atoms with Gasteiger partial charge in [0.25, 0.3) is 5.91 Å². The lowest BCUT2D eigenvalue weighted by Gasteiger charge is -2.37. The van der Waals surface area contributed by atoms with Gasteiger partial charge in [0.15, 0.2) is 0 Å². The first-order chi connectivity index (χ1) is 23.7. The minimum atomic E-state index is -4.27. The van der Waals surface area contributed by atoms with E-state index in [-0.39, 0.29) is 27.1 Å². The van der Waals surface area contributed by atoms with E-state index >= 15 is 0 Å². The number of carbonyl (C=O) groups is 1. The van der Waals surface area contributed by atoms with Crippen LogP contribution in [0.1, 0.15) is 21.7 Å². The van der Waals surface area contributed by atoms with Crippen molar-refractivity contribution in [3.63, 3.8) is 0 Å². The Labute approximate surface area is 290 Å². The van der Waals surface area contributed by atoms with Gasteiger partial charge < -0.3 is 9.88 Å². The van der Waals surface area contributed by atoms with Crippen LogP contribution >= 0.6 is 22.9 Å². The fourth-order valence-electron chi connectivity index (χ4n) is 5.76. The van der Waals surface area contributed by atoms with Gasteiger partial charge in [0.05, 0.1) is 21.9 Å². The molecule has 244 valence electrons. The van der Waals surface area contributed by atoms with Gasteiger partial charge in [0.1, 0.15) is 27.8 Å². The second-order valence-corrected chi connectivity index (χ2v) is 14.1. The summed E-state index contributed by atoms with van der Waals surface area (Å²) in [5.74, 6) is -1.41. The van der Waals surface area contributed by atoms with Crippen molar-refractivity contribution in [2.75, 3.05) is 12.4 Å². The monoisotopic (exact) mass is 708 g/mol. The number of thiazole rings is 1. The first-order valence-corrected chi connectivity index (χ1v) is 17.5. The zero-order valence-corrected chi connectivity index (χ0v) is 28.1. The van der Waals surface area contributed by atoms with Crippen LogP contribution in [0.25, 0.3) is 10.6 Å². The van der Waals surface area contributed by atoms with Crippen LogP contribution in [-0.2, 0) is 20.5 Å². The zero-order valence-electron chi connectivity index (χ0n) is 25.7. The van der Waals surface area contributed by atoms with Crippen LogP contribution in [0, 0.1) is 5.82 Å². The van der Waals surface area contributed by atoms with E-state index in [1.807, 2.05) is 60.8 Å². The topological polar surface area (TPSA) is 110 Å². The SMILES string of the molecule is CN1C(C(=O)Nc2ccc(F)c(Cl)c2)=CC(c2ncc(-c3cn(C(c4ccccc4)(c4ccccc4)c4ccccc4)cn3)s2)=NS1(=O)=O. The van der Waals surface area contributed by atoms with Crippen molar-refractivity contribution in [1.29, 1.82) is 0 Å². The number of carbonyl (C=O) groups excluding carboxylic acids is 1. The number of allylic oxidation sites excluding steroid dienone is 1. The van der Waals surface area contributed by atoms with Gasteiger partial charge in [-0.2, -0.15) is 8.42 Å². The summed E-state index contributed by atoms with van der Waals surface area (Å²) in [5.41, 5.74) is 2.92. The fourth-order valence-corrected chi connectivity index (χ4v) is 7.74. The summed E-state index contributed by atoms with van der Waals surface area (Å²) in [4.78, 5) is 23.1. The standard InChI is InChI=1S/C36H26ClFN6O3S2/c1-43-32(34(45)41-27-17-18-29(38)28(37)19-27)20-30(42-49(43,46)47)35-39-21-33(48-35)31-22-44(23-40-31)36(24-11-5-2-6-12-24,25-13-7-3-8-14-25)26-15-9-4-10-16-26/h2-23H,1H3,(H,41,45). The first-order valence-electron chi connectivity index (χ1n) is 14.9. The first kappa shape index (κ1) is 32.1. The summed E-state index contributed by atoms with van der Waals surface area (Å²) in [6.45, 7) is 0. The van der Waals surface area contributed by atoms with E-state index in [2.05, 4.69) is 55.7 Å². The molecule has 49 heavy (non-hydrogen) atoms. The lowest BCUT2D eigenvalue weighted by Crippen LogP contribution is -2.36. The number of hydrogen-bond acceptors (Lipinski definition) is 6. The Kier molecular flexibility index (Phi) is 8.45. The minimum Gasteiger partial charge on any atom is -0.321 e. The zero-order chi connectivity index (χ0) is 34.2. The molecule has 9 nitrogen and oxygen atoms in total. The third-order valence-corrected chi connectivity index (χ3v) is 10.8. The highest BCUT2D eigenvalue weighted by molar-refractivity contribution is 7.88. The van der Waals surface area contributed by atoms with E-state index in [1.54, 1.807) is 12.5 Å².